The maximum absolute atomic E-state index is 13.0. The first-order valence-electron chi connectivity index (χ1n) is 5.41. The quantitative estimate of drug-likeness (QED) is 0.790. The van der Waals surface area contributed by atoms with E-state index in [1.54, 1.807) is 18.2 Å². The predicted octanol–water partition coefficient (Wildman–Crippen LogP) is 4.12. The minimum absolute atomic E-state index is 0.107. The molecule has 0 spiro atoms. The molecule has 0 aliphatic carbocycles. The summed E-state index contributed by atoms with van der Waals surface area (Å²) in [4.78, 5) is 10.6. The van der Waals surface area contributed by atoms with Gasteiger partial charge in [-0.15, -0.1) is 0 Å². The van der Waals surface area contributed by atoms with Crippen molar-refractivity contribution in [2.24, 2.45) is 0 Å². The predicted molar refractivity (Wildman–Crippen MR) is 70.2 cm³/mol. The molecule has 2 rings (SSSR count). The second-order valence-electron chi connectivity index (χ2n) is 3.84. The molecule has 0 saturated heterocycles. The molecule has 0 unspecified atom stereocenters. The van der Waals surface area contributed by atoms with Crippen molar-refractivity contribution in [3.8, 4) is 5.75 Å². The molecule has 0 saturated carbocycles. The Hall–Kier alpha value is -1.75. The van der Waals surface area contributed by atoms with Crippen LogP contribution in [0.15, 0.2) is 40.9 Å². The average Bonchev–Trinajstić information content (AvgIpc) is 2.41. The first-order chi connectivity index (χ1) is 9.10. The molecule has 0 aliphatic rings. The van der Waals surface area contributed by atoms with Crippen LogP contribution in [0.1, 0.15) is 15.9 Å². The van der Waals surface area contributed by atoms with E-state index >= 15 is 0 Å². The van der Waals surface area contributed by atoms with Crippen molar-refractivity contribution in [3.05, 3.63) is 63.6 Å². The third-order valence-electron chi connectivity index (χ3n) is 2.47. The lowest BCUT2D eigenvalue weighted by atomic mass is 10.2. The highest BCUT2D eigenvalue weighted by molar-refractivity contribution is 9.10. The third-order valence-corrected chi connectivity index (χ3v) is 3.09. The number of hydrogen-bond acceptors (Lipinski definition) is 2. The molecule has 0 fully saturated rings. The monoisotopic (exact) mass is 326 g/mol. The lowest BCUT2D eigenvalue weighted by Gasteiger charge is -2.08. The van der Waals surface area contributed by atoms with Gasteiger partial charge in [0.15, 0.2) is 11.6 Å². The molecule has 0 heterocycles. The van der Waals surface area contributed by atoms with Crippen LogP contribution >= 0.6 is 15.9 Å². The zero-order chi connectivity index (χ0) is 13.8. The molecule has 0 N–H and O–H groups in total. The lowest BCUT2D eigenvalue weighted by Crippen LogP contribution is -1.98. The number of hydrogen-bond donors (Lipinski definition) is 0. The Labute approximate surface area is 117 Å². The maximum Gasteiger partial charge on any atom is 0.159 e. The average molecular weight is 327 g/mol. The molecule has 0 amide bonds. The molecule has 2 aromatic carbocycles. The van der Waals surface area contributed by atoms with Crippen molar-refractivity contribution >= 4 is 22.2 Å². The van der Waals surface area contributed by atoms with Crippen molar-refractivity contribution in [2.75, 3.05) is 0 Å². The number of ether oxygens (including phenoxy) is 1. The van der Waals surface area contributed by atoms with Gasteiger partial charge in [0.2, 0.25) is 0 Å². The molecule has 0 bridgehead atoms. The van der Waals surface area contributed by atoms with E-state index in [1.165, 1.54) is 6.07 Å². The summed E-state index contributed by atoms with van der Waals surface area (Å²) >= 11 is 3.27. The SMILES string of the molecule is O=Cc1ccc(OCc2ccc(F)c(F)c2)c(Br)c1. The van der Waals surface area contributed by atoms with E-state index in [0.29, 0.717) is 21.3 Å². The topological polar surface area (TPSA) is 26.3 Å². The molecule has 0 radical (unpaired) electrons. The van der Waals surface area contributed by atoms with E-state index < -0.39 is 11.6 Å². The Morgan fingerprint density at radius 2 is 1.89 bits per heavy atom. The van der Waals surface area contributed by atoms with Gasteiger partial charge in [0.25, 0.3) is 0 Å². The van der Waals surface area contributed by atoms with Gasteiger partial charge in [-0.3, -0.25) is 4.79 Å². The number of carbonyl (C=O) groups excluding carboxylic acids is 1. The number of aldehydes is 1. The lowest BCUT2D eigenvalue weighted by molar-refractivity contribution is 0.112. The number of benzene rings is 2. The first-order valence-corrected chi connectivity index (χ1v) is 6.21. The number of carbonyl (C=O) groups is 1. The second-order valence-corrected chi connectivity index (χ2v) is 4.70. The van der Waals surface area contributed by atoms with Gasteiger partial charge in [-0.2, -0.15) is 0 Å². The van der Waals surface area contributed by atoms with Crippen LogP contribution in [-0.2, 0) is 6.61 Å². The summed E-state index contributed by atoms with van der Waals surface area (Å²) in [6.45, 7) is 0.107. The summed E-state index contributed by atoms with van der Waals surface area (Å²) in [6.07, 6.45) is 0.726. The smallest absolute Gasteiger partial charge is 0.159 e. The molecule has 19 heavy (non-hydrogen) atoms. The van der Waals surface area contributed by atoms with Gasteiger partial charge < -0.3 is 4.74 Å². The summed E-state index contributed by atoms with van der Waals surface area (Å²) in [5, 5.41) is 0. The fourth-order valence-electron chi connectivity index (χ4n) is 1.50. The Balaban J connectivity index is 2.09. The van der Waals surface area contributed by atoms with Gasteiger partial charge in [-0.05, 0) is 51.8 Å². The van der Waals surface area contributed by atoms with Crippen molar-refractivity contribution < 1.29 is 18.3 Å². The van der Waals surface area contributed by atoms with Gasteiger partial charge in [0.1, 0.15) is 18.6 Å². The molecule has 5 heteroatoms. The summed E-state index contributed by atoms with van der Waals surface area (Å²) < 4.78 is 31.8. The Morgan fingerprint density at radius 3 is 2.53 bits per heavy atom. The van der Waals surface area contributed by atoms with Crippen LogP contribution in [0.4, 0.5) is 8.78 Å². The van der Waals surface area contributed by atoms with Crippen LogP contribution < -0.4 is 4.74 Å². The van der Waals surface area contributed by atoms with Gasteiger partial charge in [0, 0.05) is 5.56 Å². The molecule has 0 aromatic heterocycles. The van der Waals surface area contributed by atoms with E-state index in [1.807, 2.05) is 0 Å². The van der Waals surface area contributed by atoms with E-state index in [0.717, 1.165) is 18.4 Å². The fourth-order valence-corrected chi connectivity index (χ4v) is 2.01. The minimum Gasteiger partial charge on any atom is -0.488 e. The van der Waals surface area contributed by atoms with Gasteiger partial charge in [0.05, 0.1) is 4.47 Å². The maximum atomic E-state index is 13.0. The molecule has 0 atom stereocenters. The minimum atomic E-state index is -0.906. The summed E-state index contributed by atoms with van der Waals surface area (Å²) in [5.41, 5.74) is 1.04. The molecule has 2 aromatic rings. The summed E-state index contributed by atoms with van der Waals surface area (Å²) in [5.74, 6) is -1.27. The van der Waals surface area contributed by atoms with Crippen LogP contribution in [-0.4, -0.2) is 6.29 Å². The van der Waals surface area contributed by atoms with E-state index in [-0.39, 0.29) is 6.61 Å². The Kier molecular flexibility index (Phi) is 4.27. The standard InChI is InChI=1S/C14H9BrF2O2/c15-11-5-9(7-18)2-4-14(11)19-8-10-1-3-12(16)13(17)6-10/h1-7H,8H2. The van der Waals surface area contributed by atoms with Crippen molar-refractivity contribution in [1.82, 2.24) is 0 Å². The van der Waals surface area contributed by atoms with Crippen LogP contribution in [0.5, 0.6) is 5.75 Å². The summed E-state index contributed by atoms with van der Waals surface area (Å²) in [6, 6.07) is 8.45. The molecule has 98 valence electrons. The normalized spacial score (nSPS) is 10.3. The third kappa shape index (κ3) is 3.38. The van der Waals surface area contributed by atoms with Gasteiger partial charge in [-0.25, -0.2) is 8.78 Å². The van der Waals surface area contributed by atoms with Gasteiger partial charge in [-0.1, -0.05) is 6.07 Å². The van der Waals surface area contributed by atoms with E-state index in [2.05, 4.69) is 15.9 Å². The van der Waals surface area contributed by atoms with E-state index in [9.17, 15) is 13.6 Å². The molecule has 2 nitrogen and oxygen atoms in total. The molecule has 0 aliphatic heterocycles. The van der Waals surface area contributed by atoms with Crippen molar-refractivity contribution in [1.29, 1.82) is 0 Å². The van der Waals surface area contributed by atoms with Crippen molar-refractivity contribution in [3.63, 3.8) is 0 Å². The highest BCUT2D eigenvalue weighted by Gasteiger charge is 2.05. The largest absolute Gasteiger partial charge is 0.488 e. The Bertz CT molecular complexity index is 614. The van der Waals surface area contributed by atoms with Crippen LogP contribution in [0.25, 0.3) is 0 Å². The summed E-state index contributed by atoms with van der Waals surface area (Å²) in [7, 11) is 0. The van der Waals surface area contributed by atoms with Crippen LogP contribution in [0.2, 0.25) is 0 Å². The molecular formula is C14H9BrF2O2. The van der Waals surface area contributed by atoms with E-state index in [4.69, 9.17) is 4.74 Å². The first kappa shape index (κ1) is 13.7. The highest BCUT2D eigenvalue weighted by atomic mass is 79.9. The number of rotatable bonds is 4. The number of halogens is 3. The van der Waals surface area contributed by atoms with Crippen molar-refractivity contribution in [2.45, 2.75) is 6.61 Å². The highest BCUT2D eigenvalue weighted by Crippen LogP contribution is 2.26. The van der Waals surface area contributed by atoms with Crippen LogP contribution in [0.3, 0.4) is 0 Å². The second kappa shape index (κ2) is 5.93. The van der Waals surface area contributed by atoms with Gasteiger partial charge >= 0.3 is 0 Å². The zero-order valence-corrected chi connectivity index (χ0v) is 11.3. The van der Waals surface area contributed by atoms with Crippen LogP contribution in [0, 0.1) is 11.6 Å². The fraction of sp³-hybridized carbons (Fsp3) is 0.0714. The Morgan fingerprint density at radius 1 is 1.11 bits per heavy atom. The molecular weight excluding hydrogens is 318 g/mol. The zero-order valence-electron chi connectivity index (χ0n) is 9.70.